The van der Waals surface area contributed by atoms with Crippen molar-refractivity contribution in [1.29, 1.82) is 0 Å². The van der Waals surface area contributed by atoms with Crippen LogP contribution in [0.1, 0.15) is 20.3 Å². The van der Waals surface area contributed by atoms with Crippen molar-refractivity contribution in [2.45, 2.75) is 26.3 Å². The summed E-state index contributed by atoms with van der Waals surface area (Å²) in [4.78, 5) is 20.3. The molecule has 0 unspecified atom stereocenters. The largest absolute Gasteiger partial charge is 0.396 e. The van der Waals surface area contributed by atoms with Gasteiger partial charge in [0.05, 0.1) is 17.6 Å². The van der Waals surface area contributed by atoms with Gasteiger partial charge in [-0.15, -0.1) is 0 Å². The molecule has 1 aromatic rings. The first-order valence-corrected chi connectivity index (χ1v) is 7.52. The van der Waals surface area contributed by atoms with Crippen LogP contribution in [0.5, 0.6) is 0 Å². The number of carbonyl (C=O) groups is 1. The predicted octanol–water partition coefficient (Wildman–Crippen LogP) is 0.701. The zero-order chi connectivity index (χ0) is 15.2. The average Bonchev–Trinajstić information content (AvgIpc) is 2.46. The van der Waals surface area contributed by atoms with Gasteiger partial charge in [0.1, 0.15) is 0 Å². The van der Waals surface area contributed by atoms with Crippen LogP contribution in [0.15, 0.2) is 18.5 Å². The Balaban J connectivity index is 1.76. The Morgan fingerprint density at radius 2 is 2.10 bits per heavy atom. The lowest BCUT2D eigenvalue weighted by atomic mass is 10.2. The number of nitrogen functional groups attached to an aromatic ring is 1. The van der Waals surface area contributed by atoms with E-state index in [1.165, 1.54) is 0 Å². The van der Waals surface area contributed by atoms with E-state index in [0.717, 1.165) is 44.1 Å². The number of hydrogen-bond donors (Lipinski definition) is 2. The monoisotopic (exact) mass is 291 g/mol. The third-order valence-electron chi connectivity index (χ3n) is 3.65. The molecule has 0 aliphatic carbocycles. The number of piperazine rings is 1. The van der Waals surface area contributed by atoms with Crippen LogP contribution in [-0.4, -0.2) is 54.6 Å². The summed E-state index contributed by atoms with van der Waals surface area (Å²) in [6.45, 7) is 8.55. The standard InChI is InChI=1S/C15H25N5O/c1-12(2)18-15(21)4-6-19-7-9-20(10-8-19)14-3-5-17-11-13(14)16/h3,5,11-12H,4,6-10,16H2,1-2H3,(H,18,21). The van der Waals surface area contributed by atoms with Gasteiger partial charge in [-0.2, -0.15) is 0 Å². The third-order valence-corrected chi connectivity index (χ3v) is 3.65. The van der Waals surface area contributed by atoms with Gasteiger partial charge < -0.3 is 16.0 Å². The van der Waals surface area contributed by atoms with E-state index in [-0.39, 0.29) is 11.9 Å². The van der Waals surface area contributed by atoms with Crippen LogP contribution in [0.4, 0.5) is 11.4 Å². The van der Waals surface area contributed by atoms with Crippen molar-refractivity contribution in [1.82, 2.24) is 15.2 Å². The van der Waals surface area contributed by atoms with Crippen LogP contribution >= 0.6 is 0 Å². The molecular weight excluding hydrogens is 266 g/mol. The highest BCUT2D eigenvalue weighted by atomic mass is 16.1. The fourth-order valence-corrected chi connectivity index (χ4v) is 2.55. The number of anilines is 2. The quantitative estimate of drug-likeness (QED) is 0.835. The minimum absolute atomic E-state index is 0.130. The number of rotatable bonds is 5. The second-order valence-corrected chi connectivity index (χ2v) is 5.74. The molecule has 1 aromatic heterocycles. The van der Waals surface area contributed by atoms with Crippen LogP contribution in [-0.2, 0) is 4.79 Å². The number of carbonyl (C=O) groups excluding carboxylic acids is 1. The molecule has 116 valence electrons. The number of nitrogens with two attached hydrogens (primary N) is 1. The number of aromatic nitrogens is 1. The molecule has 0 aromatic carbocycles. The maximum atomic E-state index is 11.7. The Morgan fingerprint density at radius 1 is 1.38 bits per heavy atom. The van der Waals surface area contributed by atoms with Gasteiger partial charge in [0, 0.05) is 51.4 Å². The molecule has 2 rings (SSSR count). The molecule has 2 heterocycles. The molecule has 1 saturated heterocycles. The summed E-state index contributed by atoms with van der Waals surface area (Å²) in [6.07, 6.45) is 4.03. The molecule has 0 radical (unpaired) electrons. The molecule has 1 fully saturated rings. The van der Waals surface area contributed by atoms with Crippen molar-refractivity contribution in [2.24, 2.45) is 0 Å². The van der Waals surface area contributed by atoms with Crippen LogP contribution in [0, 0.1) is 0 Å². The van der Waals surface area contributed by atoms with Crippen LogP contribution in [0.25, 0.3) is 0 Å². The summed E-state index contributed by atoms with van der Waals surface area (Å²) in [5, 5.41) is 2.92. The summed E-state index contributed by atoms with van der Waals surface area (Å²) in [6, 6.07) is 2.17. The highest BCUT2D eigenvalue weighted by Crippen LogP contribution is 2.22. The van der Waals surface area contributed by atoms with Crippen molar-refractivity contribution < 1.29 is 4.79 Å². The minimum Gasteiger partial charge on any atom is -0.396 e. The highest BCUT2D eigenvalue weighted by molar-refractivity contribution is 5.76. The summed E-state index contributed by atoms with van der Waals surface area (Å²) in [5.74, 6) is 0.130. The van der Waals surface area contributed by atoms with Crippen molar-refractivity contribution >= 4 is 17.3 Å². The average molecular weight is 291 g/mol. The number of nitrogens with one attached hydrogen (secondary N) is 1. The molecule has 6 heteroatoms. The minimum atomic E-state index is 0.130. The summed E-state index contributed by atoms with van der Waals surface area (Å²) >= 11 is 0. The van der Waals surface area contributed by atoms with Gasteiger partial charge in [-0.25, -0.2) is 0 Å². The number of hydrogen-bond acceptors (Lipinski definition) is 5. The van der Waals surface area contributed by atoms with E-state index in [2.05, 4.69) is 20.1 Å². The van der Waals surface area contributed by atoms with Gasteiger partial charge in [0.2, 0.25) is 5.91 Å². The molecule has 1 amide bonds. The smallest absolute Gasteiger partial charge is 0.221 e. The summed E-state index contributed by atoms with van der Waals surface area (Å²) in [7, 11) is 0. The molecule has 1 aliphatic rings. The van der Waals surface area contributed by atoms with Crippen molar-refractivity contribution in [3.05, 3.63) is 18.5 Å². The second-order valence-electron chi connectivity index (χ2n) is 5.74. The number of pyridine rings is 1. The fraction of sp³-hybridized carbons (Fsp3) is 0.600. The molecule has 0 bridgehead atoms. The summed E-state index contributed by atoms with van der Waals surface area (Å²) < 4.78 is 0. The molecule has 0 saturated carbocycles. The molecule has 3 N–H and O–H groups in total. The summed E-state index contributed by atoms with van der Waals surface area (Å²) in [5.41, 5.74) is 7.74. The first-order valence-electron chi connectivity index (χ1n) is 7.52. The second kappa shape index (κ2) is 7.26. The first kappa shape index (κ1) is 15.6. The SMILES string of the molecule is CC(C)NC(=O)CCN1CCN(c2ccncc2N)CC1. The van der Waals surface area contributed by atoms with Crippen LogP contribution < -0.4 is 16.0 Å². The molecule has 1 aliphatic heterocycles. The molecule has 6 nitrogen and oxygen atoms in total. The van der Waals surface area contributed by atoms with Crippen molar-refractivity contribution in [3.63, 3.8) is 0 Å². The van der Waals surface area contributed by atoms with Crippen LogP contribution in [0.2, 0.25) is 0 Å². The van der Waals surface area contributed by atoms with E-state index in [1.54, 1.807) is 12.4 Å². The van der Waals surface area contributed by atoms with Crippen LogP contribution in [0.3, 0.4) is 0 Å². The van der Waals surface area contributed by atoms with E-state index in [9.17, 15) is 4.79 Å². The Hall–Kier alpha value is -1.82. The zero-order valence-corrected chi connectivity index (χ0v) is 12.9. The molecule has 21 heavy (non-hydrogen) atoms. The topological polar surface area (TPSA) is 74.5 Å². The van der Waals surface area contributed by atoms with Gasteiger partial charge >= 0.3 is 0 Å². The highest BCUT2D eigenvalue weighted by Gasteiger charge is 2.19. The Bertz CT molecular complexity index is 469. The molecule has 0 spiro atoms. The first-order chi connectivity index (χ1) is 10.1. The van der Waals surface area contributed by atoms with E-state index < -0.39 is 0 Å². The Kier molecular flexibility index (Phi) is 5.38. The van der Waals surface area contributed by atoms with Crippen molar-refractivity contribution in [2.75, 3.05) is 43.4 Å². The van der Waals surface area contributed by atoms with Gasteiger partial charge in [-0.05, 0) is 19.9 Å². The third kappa shape index (κ3) is 4.60. The Labute approximate surface area is 126 Å². The van der Waals surface area contributed by atoms with Gasteiger partial charge in [0.25, 0.3) is 0 Å². The zero-order valence-electron chi connectivity index (χ0n) is 12.9. The maximum Gasteiger partial charge on any atom is 0.221 e. The fourth-order valence-electron chi connectivity index (χ4n) is 2.55. The van der Waals surface area contributed by atoms with E-state index in [4.69, 9.17) is 5.73 Å². The number of amides is 1. The lowest BCUT2D eigenvalue weighted by Gasteiger charge is -2.36. The van der Waals surface area contributed by atoms with Gasteiger partial charge in [-0.1, -0.05) is 0 Å². The van der Waals surface area contributed by atoms with E-state index in [1.807, 2.05) is 19.9 Å². The van der Waals surface area contributed by atoms with Crippen molar-refractivity contribution in [3.8, 4) is 0 Å². The maximum absolute atomic E-state index is 11.7. The molecular formula is C15H25N5O. The van der Waals surface area contributed by atoms with Gasteiger partial charge in [0.15, 0.2) is 0 Å². The predicted molar refractivity (Wildman–Crippen MR) is 85.2 cm³/mol. The number of nitrogens with zero attached hydrogens (tertiary/aromatic N) is 3. The lowest BCUT2D eigenvalue weighted by Crippen LogP contribution is -2.47. The lowest BCUT2D eigenvalue weighted by molar-refractivity contribution is -0.121. The Morgan fingerprint density at radius 3 is 2.71 bits per heavy atom. The normalized spacial score (nSPS) is 16.2. The van der Waals surface area contributed by atoms with E-state index >= 15 is 0 Å². The van der Waals surface area contributed by atoms with E-state index in [0.29, 0.717) is 6.42 Å². The molecule has 0 atom stereocenters. The van der Waals surface area contributed by atoms with Gasteiger partial charge in [-0.3, -0.25) is 14.7 Å².